The summed E-state index contributed by atoms with van der Waals surface area (Å²) in [7, 11) is 2.18. The summed E-state index contributed by atoms with van der Waals surface area (Å²) in [5, 5.41) is 0. The van der Waals surface area contributed by atoms with Gasteiger partial charge in [-0.05, 0) is 32.4 Å². The van der Waals surface area contributed by atoms with E-state index in [4.69, 9.17) is 0 Å². The summed E-state index contributed by atoms with van der Waals surface area (Å²) in [6.07, 6.45) is 10.9. The number of rotatable bonds is 0. The molecule has 2 aliphatic rings. The van der Waals surface area contributed by atoms with Gasteiger partial charge in [-0.2, -0.15) is 0 Å². The lowest BCUT2D eigenvalue weighted by Gasteiger charge is -2.03. The Morgan fingerprint density at radius 1 is 1.14 bits per heavy atom. The molecule has 1 saturated heterocycles. The molecule has 1 fully saturated rings. The molecule has 82 valence electrons. The summed E-state index contributed by atoms with van der Waals surface area (Å²) in [6.45, 7) is 8.92. The van der Waals surface area contributed by atoms with Gasteiger partial charge in [0.1, 0.15) is 0 Å². The van der Waals surface area contributed by atoms with E-state index in [0.29, 0.717) is 0 Å². The number of hydrogen-bond acceptors (Lipinski definition) is 1. The van der Waals surface area contributed by atoms with Crippen LogP contribution >= 0.6 is 0 Å². The van der Waals surface area contributed by atoms with Gasteiger partial charge in [-0.3, -0.25) is 0 Å². The van der Waals surface area contributed by atoms with Gasteiger partial charge in [-0.25, -0.2) is 0 Å². The van der Waals surface area contributed by atoms with Crippen molar-refractivity contribution < 1.29 is 0 Å². The number of allylic oxidation sites excluding steroid dienone is 4. The van der Waals surface area contributed by atoms with Crippen molar-refractivity contribution in [1.82, 2.24) is 4.90 Å². The molecule has 1 aliphatic heterocycles. The van der Waals surface area contributed by atoms with Crippen LogP contribution in [0.1, 0.15) is 33.6 Å². The maximum atomic E-state index is 2.38. The molecular weight excluding hydrogens is 170 g/mol. The van der Waals surface area contributed by atoms with Gasteiger partial charge in [0.15, 0.2) is 0 Å². The van der Waals surface area contributed by atoms with Crippen molar-refractivity contribution in [3.63, 3.8) is 0 Å². The minimum atomic E-state index is 0.949. The van der Waals surface area contributed by atoms with E-state index in [9.17, 15) is 0 Å². The average Bonchev–Trinajstić information content (AvgIpc) is 2.84. The summed E-state index contributed by atoms with van der Waals surface area (Å²) >= 11 is 0. The molecule has 1 atom stereocenters. The molecular formula is C13H25N. The molecule has 0 aromatic heterocycles. The molecule has 0 aromatic rings. The summed E-state index contributed by atoms with van der Waals surface area (Å²) in [5.41, 5.74) is 0. The van der Waals surface area contributed by atoms with Crippen LogP contribution in [0.2, 0.25) is 0 Å². The van der Waals surface area contributed by atoms with E-state index in [1.165, 1.54) is 19.5 Å². The van der Waals surface area contributed by atoms with Crippen molar-refractivity contribution >= 4 is 0 Å². The fraction of sp³-hybridized carbons (Fsp3) is 0.692. The minimum absolute atomic E-state index is 0.949. The third-order valence-electron chi connectivity index (χ3n) is 2.28. The first kappa shape index (κ1) is 13.4. The third kappa shape index (κ3) is 6.90. The van der Waals surface area contributed by atoms with Gasteiger partial charge >= 0.3 is 0 Å². The van der Waals surface area contributed by atoms with Crippen LogP contribution in [0.15, 0.2) is 24.3 Å². The van der Waals surface area contributed by atoms with E-state index >= 15 is 0 Å². The summed E-state index contributed by atoms with van der Waals surface area (Å²) in [4.78, 5) is 2.38. The zero-order chi connectivity index (χ0) is 10.8. The third-order valence-corrected chi connectivity index (χ3v) is 2.28. The van der Waals surface area contributed by atoms with E-state index in [1.807, 2.05) is 13.8 Å². The molecule has 1 nitrogen and oxygen atoms in total. The van der Waals surface area contributed by atoms with Gasteiger partial charge in [0.25, 0.3) is 0 Å². The zero-order valence-corrected chi connectivity index (χ0v) is 10.2. The Hall–Kier alpha value is -0.560. The van der Waals surface area contributed by atoms with Crippen LogP contribution in [0.4, 0.5) is 0 Å². The van der Waals surface area contributed by atoms with Gasteiger partial charge in [-0.1, -0.05) is 45.1 Å². The van der Waals surface area contributed by atoms with E-state index in [0.717, 1.165) is 12.3 Å². The summed E-state index contributed by atoms with van der Waals surface area (Å²) in [5.74, 6) is 0.949. The zero-order valence-electron chi connectivity index (χ0n) is 10.2. The highest BCUT2D eigenvalue weighted by atomic mass is 15.1. The first-order valence-corrected chi connectivity index (χ1v) is 5.79. The normalized spacial score (nSPS) is 23.9. The predicted octanol–water partition coefficient (Wildman–Crippen LogP) is 3.49. The van der Waals surface area contributed by atoms with Crippen LogP contribution in [0.5, 0.6) is 0 Å². The van der Waals surface area contributed by atoms with E-state index in [1.54, 1.807) is 0 Å². The van der Waals surface area contributed by atoms with Crippen LogP contribution in [-0.4, -0.2) is 25.0 Å². The highest BCUT2D eigenvalue weighted by Gasteiger charge is 2.13. The van der Waals surface area contributed by atoms with Crippen LogP contribution in [0, 0.1) is 5.92 Å². The van der Waals surface area contributed by atoms with Gasteiger partial charge in [0, 0.05) is 6.54 Å². The first-order chi connectivity index (χ1) is 6.79. The molecule has 0 N–H and O–H groups in total. The molecule has 1 heterocycles. The predicted molar refractivity (Wildman–Crippen MR) is 65.5 cm³/mol. The Kier molecular flexibility index (Phi) is 8.65. The summed E-state index contributed by atoms with van der Waals surface area (Å²) in [6, 6.07) is 0. The molecule has 2 rings (SSSR count). The van der Waals surface area contributed by atoms with Crippen molar-refractivity contribution in [2.45, 2.75) is 33.6 Å². The fourth-order valence-electron chi connectivity index (χ4n) is 1.55. The van der Waals surface area contributed by atoms with Crippen LogP contribution < -0.4 is 0 Å². The molecule has 0 radical (unpaired) electrons. The van der Waals surface area contributed by atoms with E-state index in [2.05, 4.69) is 43.2 Å². The first-order valence-electron chi connectivity index (χ1n) is 5.79. The molecule has 0 aromatic carbocycles. The Morgan fingerprint density at radius 3 is 1.86 bits per heavy atom. The SMILES string of the molecule is C1=CCC=C1.CC.CC1CCN(C)C1. The van der Waals surface area contributed by atoms with Crippen molar-refractivity contribution in [2.24, 2.45) is 5.92 Å². The molecule has 0 saturated carbocycles. The van der Waals surface area contributed by atoms with Crippen LogP contribution in [0.3, 0.4) is 0 Å². The van der Waals surface area contributed by atoms with Gasteiger partial charge < -0.3 is 4.90 Å². The van der Waals surface area contributed by atoms with Gasteiger partial charge in [0.2, 0.25) is 0 Å². The highest BCUT2D eigenvalue weighted by molar-refractivity contribution is 5.11. The Morgan fingerprint density at radius 2 is 1.71 bits per heavy atom. The van der Waals surface area contributed by atoms with Gasteiger partial charge in [-0.15, -0.1) is 0 Å². The second kappa shape index (κ2) is 9.01. The van der Waals surface area contributed by atoms with Crippen molar-refractivity contribution in [1.29, 1.82) is 0 Å². The van der Waals surface area contributed by atoms with E-state index < -0.39 is 0 Å². The lowest BCUT2D eigenvalue weighted by Crippen LogP contribution is -2.12. The van der Waals surface area contributed by atoms with E-state index in [-0.39, 0.29) is 0 Å². The standard InChI is InChI=1S/C6H13N.C5H6.C2H6/c1-6-3-4-7(2)5-6;1-2-4-5-3-1;1-2/h6H,3-5H2,1-2H3;1-4H,5H2;1-2H3. The number of likely N-dealkylation sites (tertiary alicyclic amines) is 1. The molecule has 0 amide bonds. The molecule has 1 unspecified atom stereocenters. The lowest BCUT2D eigenvalue weighted by atomic mass is 10.2. The number of hydrogen-bond donors (Lipinski definition) is 0. The minimum Gasteiger partial charge on any atom is -0.306 e. The topological polar surface area (TPSA) is 3.24 Å². The second-order valence-electron chi connectivity index (χ2n) is 3.75. The maximum Gasteiger partial charge on any atom is 0.000445 e. The molecule has 14 heavy (non-hydrogen) atoms. The smallest absolute Gasteiger partial charge is 0.000445 e. The monoisotopic (exact) mass is 195 g/mol. The fourth-order valence-corrected chi connectivity index (χ4v) is 1.55. The quantitative estimate of drug-likeness (QED) is 0.572. The van der Waals surface area contributed by atoms with Crippen molar-refractivity contribution in [2.75, 3.05) is 20.1 Å². The molecule has 0 spiro atoms. The molecule has 1 heteroatoms. The van der Waals surface area contributed by atoms with Crippen LogP contribution in [0.25, 0.3) is 0 Å². The summed E-state index contributed by atoms with van der Waals surface area (Å²) < 4.78 is 0. The molecule has 0 bridgehead atoms. The number of nitrogens with zero attached hydrogens (tertiary/aromatic N) is 1. The van der Waals surface area contributed by atoms with Crippen molar-refractivity contribution in [3.05, 3.63) is 24.3 Å². The highest BCUT2D eigenvalue weighted by Crippen LogP contribution is 2.11. The Bertz CT molecular complexity index is 152. The van der Waals surface area contributed by atoms with Gasteiger partial charge in [0.05, 0.1) is 0 Å². The van der Waals surface area contributed by atoms with Crippen LogP contribution in [-0.2, 0) is 0 Å². The average molecular weight is 195 g/mol. The molecule has 1 aliphatic carbocycles. The maximum absolute atomic E-state index is 2.38. The Labute approximate surface area is 89.5 Å². The largest absolute Gasteiger partial charge is 0.306 e. The lowest BCUT2D eigenvalue weighted by molar-refractivity contribution is 0.402. The Balaban J connectivity index is 0.000000213. The second-order valence-corrected chi connectivity index (χ2v) is 3.75. The van der Waals surface area contributed by atoms with Crippen molar-refractivity contribution in [3.8, 4) is 0 Å².